The molecule has 3 heteroatoms. The molecule has 2 N–H and O–H groups in total. The molecule has 23 heavy (non-hydrogen) atoms. The van der Waals surface area contributed by atoms with E-state index in [4.69, 9.17) is 4.74 Å². The van der Waals surface area contributed by atoms with Crippen molar-refractivity contribution in [2.45, 2.75) is 13.1 Å². The molecule has 0 spiro atoms. The molecule has 0 bridgehead atoms. The first-order valence-electron chi connectivity index (χ1n) is 7.80. The van der Waals surface area contributed by atoms with Crippen molar-refractivity contribution in [2.75, 3.05) is 5.32 Å². The third-order valence-electron chi connectivity index (χ3n) is 4.01. The Labute approximate surface area is 135 Å². The van der Waals surface area contributed by atoms with Crippen molar-refractivity contribution in [1.29, 1.82) is 0 Å². The van der Waals surface area contributed by atoms with Gasteiger partial charge in [-0.25, -0.2) is 0 Å². The Morgan fingerprint density at radius 3 is 1.65 bits per heavy atom. The smallest absolute Gasteiger partial charge is 0.150 e. The second-order valence-electron chi connectivity index (χ2n) is 5.59. The molecule has 0 atom stereocenters. The number of anilines is 2. The highest BCUT2D eigenvalue weighted by molar-refractivity contribution is 5.75. The van der Waals surface area contributed by atoms with Crippen LogP contribution in [0.4, 0.5) is 11.4 Å². The van der Waals surface area contributed by atoms with Crippen molar-refractivity contribution >= 4 is 11.4 Å². The summed E-state index contributed by atoms with van der Waals surface area (Å²) in [5.74, 6) is 1.76. The highest BCUT2D eigenvalue weighted by Gasteiger charge is 2.13. The molecule has 0 fully saturated rings. The van der Waals surface area contributed by atoms with Crippen molar-refractivity contribution in [3.63, 3.8) is 0 Å². The van der Waals surface area contributed by atoms with Gasteiger partial charge in [0.1, 0.15) is 0 Å². The van der Waals surface area contributed by atoms with Gasteiger partial charge in [0.25, 0.3) is 0 Å². The maximum absolute atomic E-state index is 5.71. The summed E-state index contributed by atoms with van der Waals surface area (Å²) in [7, 11) is 0. The average Bonchev–Trinajstić information content (AvgIpc) is 3.09. The molecule has 0 amide bonds. The molecule has 3 aromatic carbocycles. The highest BCUT2D eigenvalue weighted by Crippen LogP contribution is 2.40. The molecule has 5 rings (SSSR count). The summed E-state index contributed by atoms with van der Waals surface area (Å²) in [6.45, 7) is 2.10. The van der Waals surface area contributed by atoms with E-state index in [2.05, 4.69) is 34.9 Å². The number of benzene rings is 3. The first-order chi connectivity index (χ1) is 11.4. The van der Waals surface area contributed by atoms with Crippen molar-refractivity contribution in [2.24, 2.45) is 0 Å². The predicted octanol–water partition coefficient (Wildman–Crippen LogP) is 4.83. The molecule has 114 valence electrons. The third-order valence-corrected chi connectivity index (χ3v) is 4.01. The quantitative estimate of drug-likeness (QED) is 0.488. The Balaban J connectivity index is 0.000000130. The highest BCUT2D eigenvalue weighted by atomic mass is 16.5. The lowest BCUT2D eigenvalue weighted by Gasteiger charge is -2.20. The van der Waals surface area contributed by atoms with Crippen LogP contribution in [-0.2, 0) is 13.1 Å². The van der Waals surface area contributed by atoms with E-state index >= 15 is 0 Å². The number of hydrogen-bond acceptors (Lipinski definition) is 3. The van der Waals surface area contributed by atoms with Gasteiger partial charge in [0, 0.05) is 13.1 Å². The Hall–Kier alpha value is -2.78. The molecule has 0 aliphatic carbocycles. The summed E-state index contributed by atoms with van der Waals surface area (Å²) in [5, 5.41) is 6.60. The fourth-order valence-electron chi connectivity index (χ4n) is 2.82. The molecular weight excluding hydrogens is 284 g/mol. The van der Waals surface area contributed by atoms with Gasteiger partial charge >= 0.3 is 0 Å². The number of hydrogen-bond donors (Lipinski definition) is 2. The van der Waals surface area contributed by atoms with E-state index in [1.165, 1.54) is 11.1 Å². The molecule has 0 unspecified atom stereocenters. The van der Waals surface area contributed by atoms with E-state index in [0.717, 1.165) is 36.0 Å². The minimum Gasteiger partial charge on any atom is -0.453 e. The fraction of sp³-hybridized carbons (Fsp3) is 0.100. The number of nitrogens with one attached hydrogen (secondary N) is 2. The van der Waals surface area contributed by atoms with Crippen molar-refractivity contribution < 1.29 is 4.74 Å². The van der Waals surface area contributed by atoms with Crippen LogP contribution in [0.1, 0.15) is 11.1 Å². The molecule has 2 heterocycles. The Morgan fingerprint density at radius 1 is 0.609 bits per heavy atom. The van der Waals surface area contributed by atoms with Crippen LogP contribution in [0.2, 0.25) is 0 Å². The summed E-state index contributed by atoms with van der Waals surface area (Å²) in [6.07, 6.45) is 0. The molecule has 0 saturated carbocycles. The lowest BCUT2D eigenvalue weighted by Crippen LogP contribution is -2.01. The van der Waals surface area contributed by atoms with Crippen LogP contribution < -0.4 is 15.4 Å². The summed E-state index contributed by atoms with van der Waals surface area (Å²) in [4.78, 5) is 0. The summed E-state index contributed by atoms with van der Waals surface area (Å²) < 4.78 is 5.71. The third kappa shape index (κ3) is 2.91. The van der Waals surface area contributed by atoms with Crippen molar-refractivity contribution in [1.82, 2.24) is 5.32 Å². The molecular formula is C20H18N2O. The van der Waals surface area contributed by atoms with E-state index in [9.17, 15) is 0 Å². The van der Waals surface area contributed by atoms with Crippen LogP contribution in [0, 0.1) is 0 Å². The molecule has 3 aromatic rings. The van der Waals surface area contributed by atoms with E-state index in [1.54, 1.807) is 0 Å². The number of para-hydroxylation sites is 4. The van der Waals surface area contributed by atoms with Gasteiger partial charge in [-0.1, -0.05) is 48.5 Å². The first-order valence-corrected chi connectivity index (χ1v) is 7.80. The van der Waals surface area contributed by atoms with Crippen LogP contribution in [-0.4, -0.2) is 0 Å². The van der Waals surface area contributed by atoms with Crippen LogP contribution >= 0.6 is 0 Å². The van der Waals surface area contributed by atoms with E-state index in [0.29, 0.717) is 0 Å². The SMILES string of the molecule is c1ccc2c(c1)CNC2.c1ccc2c(c1)Nc1ccccc1O2. The Morgan fingerprint density at radius 2 is 1.09 bits per heavy atom. The zero-order valence-corrected chi connectivity index (χ0v) is 12.8. The van der Waals surface area contributed by atoms with Crippen LogP contribution in [0.5, 0.6) is 11.5 Å². The molecule has 0 saturated heterocycles. The average molecular weight is 302 g/mol. The number of rotatable bonds is 0. The van der Waals surface area contributed by atoms with Crippen molar-refractivity contribution in [3.05, 3.63) is 83.9 Å². The zero-order chi connectivity index (χ0) is 15.5. The molecule has 2 aliphatic heterocycles. The lowest BCUT2D eigenvalue weighted by molar-refractivity contribution is 0.481. The largest absolute Gasteiger partial charge is 0.453 e. The minimum atomic E-state index is 0.881. The number of fused-ring (bicyclic) bond motifs is 3. The van der Waals surface area contributed by atoms with Gasteiger partial charge in [-0.3, -0.25) is 0 Å². The van der Waals surface area contributed by atoms with Gasteiger partial charge in [0.2, 0.25) is 0 Å². The van der Waals surface area contributed by atoms with Gasteiger partial charge in [-0.2, -0.15) is 0 Å². The van der Waals surface area contributed by atoms with Crippen LogP contribution in [0.3, 0.4) is 0 Å². The first kappa shape index (κ1) is 13.9. The Bertz CT molecular complexity index is 719. The van der Waals surface area contributed by atoms with Gasteiger partial charge < -0.3 is 15.4 Å². The number of ether oxygens (including phenoxy) is 1. The second-order valence-corrected chi connectivity index (χ2v) is 5.59. The summed E-state index contributed by atoms with van der Waals surface area (Å²) in [6, 6.07) is 24.4. The van der Waals surface area contributed by atoms with Gasteiger partial charge in [0.15, 0.2) is 11.5 Å². The second kappa shape index (κ2) is 6.15. The molecule has 2 aliphatic rings. The summed E-state index contributed by atoms with van der Waals surface area (Å²) in [5.41, 5.74) is 4.95. The van der Waals surface area contributed by atoms with Crippen LogP contribution in [0.15, 0.2) is 72.8 Å². The van der Waals surface area contributed by atoms with Gasteiger partial charge in [-0.05, 0) is 35.4 Å². The van der Waals surface area contributed by atoms with Crippen LogP contribution in [0.25, 0.3) is 0 Å². The van der Waals surface area contributed by atoms with E-state index in [1.807, 2.05) is 48.5 Å². The molecule has 0 aromatic heterocycles. The molecule has 3 nitrogen and oxygen atoms in total. The monoisotopic (exact) mass is 302 g/mol. The maximum atomic E-state index is 5.71. The van der Waals surface area contributed by atoms with E-state index in [-0.39, 0.29) is 0 Å². The molecule has 0 radical (unpaired) electrons. The van der Waals surface area contributed by atoms with E-state index < -0.39 is 0 Å². The zero-order valence-electron chi connectivity index (χ0n) is 12.8. The topological polar surface area (TPSA) is 33.3 Å². The lowest BCUT2D eigenvalue weighted by atomic mass is 10.1. The van der Waals surface area contributed by atoms with Crippen molar-refractivity contribution in [3.8, 4) is 11.5 Å². The summed E-state index contributed by atoms with van der Waals surface area (Å²) >= 11 is 0. The normalized spacial score (nSPS) is 13.4. The fourth-order valence-corrected chi connectivity index (χ4v) is 2.82. The Kier molecular flexibility index (Phi) is 3.70. The van der Waals surface area contributed by atoms with Gasteiger partial charge in [-0.15, -0.1) is 0 Å². The maximum Gasteiger partial charge on any atom is 0.150 e. The minimum absolute atomic E-state index is 0.881. The predicted molar refractivity (Wildman–Crippen MR) is 93.2 cm³/mol. The standard InChI is InChI=1S/C12H9NO.C8H9N/c1-3-7-11-9(5-1)13-10-6-2-4-8-12(10)14-11;1-2-4-8-6-9-5-7(8)3-1/h1-8,13H;1-4,9H,5-6H2. The van der Waals surface area contributed by atoms with Gasteiger partial charge in [0.05, 0.1) is 11.4 Å².